The molecular weight excluding hydrogens is 591 g/mol. The first-order valence-corrected chi connectivity index (χ1v) is 17.0. The minimum atomic E-state index is -0.758. The molecule has 1 aliphatic heterocycles. The minimum Gasteiger partial charge on any atom is -0.449 e. The standard InChI is InChI=1S/C36H49FN2O7/c1-36(2,3)35(43)45-21-44-34(42)31-19-26-17-22(9-14-30(26)46-31)18-29(40)32-27(23-7-5-4-6-8-23)15-16-39(32)33(41)25-12-10-24(11-13-25)28(38)20-37/h9,14,17,19,23-25,27-28,32H,4-8,10-13,15-16,18,20-21,38H2,1-3H3/t24?,25?,27-,28?,32-/m0/s1. The molecule has 3 aliphatic rings. The molecule has 1 amide bonds. The lowest BCUT2D eigenvalue weighted by Gasteiger charge is -2.37. The molecular formula is C36H49FN2O7. The predicted octanol–water partition coefficient (Wildman–Crippen LogP) is 6.15. The van der Waals surface area contributed by atoms with Gasteiger partial charge < -0.3 is 24.5 Å². The number of rotatable bonds is 10. The van der Waals surface area contributed by atoms with Crippen LogP contribution in [0.4, 0.5) is 4.39 Å². The zero-order chi connectivity index (χ0) is 33.0. The summed E-state index contributed by atoms with van der Waals surface area (Å²) in [6, 6.07) is 6.00. The fraction of sp³-hybridized carbons (Fsp3) is 0.667. The number of halogens is 1. The van der Waals surface area contributed by atoms with Gasteiger partial charge in [0.2, 0.25) is 18.5 Å². The van der Waals surface area contributed by atoms with E-state index in [4.69, 9.17) is 19.6 Å². The van der Waals surface area contributed by atoms with Crippen LogP contribution in [0.1, 0.15) is 101 Å². The Morgan fingerprint density at radius 2 is 1.70 bits per heavy atom. The molecule has 2 saturated carbocycles. The van der Waals surface area contributed by atoms with E-state index in [1.54, 1.807) is 32.9 Å². The van der Waals surface area contributed by atoms with E-state index in [9.17, 15) is 23.6 Å². The highest BCUT2D eigenvalue weighted by molar-refractivity contribution is 5.94. The highest BCUT2D eigenvalue weighted by Gasteiger charge is 2.46. The first kappa shape index (κ1) is 34.1. The van der Waals surface area contributed by atoms with E-state index in [2.05, 4.69) is 0 Å². The number of amides is 1. The smallest absolute Gasteiger partial charge is 0.377 e. The number of ketones is 1. The van der Waals surface area contributed by atoms with Crippen molar-refractivity contribution < 1.29 is 37.5 Å². The number of hydrogen-bond donors (Lipinski definition) is 1. The lowest BCUT2D eigenvalue weighted by molar-refractivity contribution is -0.161. The van der Waals surface area contributed by atoms with Gasteiger partial charge in [-0.25, -0.2) is 9.18 Å². The number of alkyl halides is 1. The van der Waals surface area contributed by atoms with Crippen molar-refractivity contribution in [1.82, 2.24) is 4.90 Å². The molecule has 2 N–H and O–H groups in total. The van der Waals surface area contributed by atoms with E-state index in [0.29, 0.717) is 36.3 Å². The number of Topliss-reactive ketones (excluding diaryl/α,β-unsaturated/α-hetero) is 1. The van der Waals surface area contributed by atoms with Gasteiger partial charge in [-0.15, -0.1) is 0 Å². The first-order valence-electron chi connectivity index (χ1n) is 17.0. The van der Waals surface area contributed by atoms with Crippen LogP contribution < -0.4 is 5.73 Å². The van der Waals surface area contributed by atoms with Crippen LogP contribution in [0, 0.1) is 29.1 Å². The maximum absolute atomic E-state index is 14.1. The lowest BCUT2D eigenvalue weighted by Crippen LogP contribution is -2.48. The second-order valence-corrected chi connectivity index (χ2v) is 14.6. The van der Waals surface area contributed by atoms with E-state index >= 15 is 0 Å². The van der Waals surface area contributed by atoms with Crippen molar-refractivity contribution in [2.75, 3.05) is 20.0 Å². The van der Waals surface area contributed by atoms with E-state index < -0.39 is 42.9 Å². The Balaban J connectivity index is 1.27. The fourth-order valence-corrected chi connectivity index (χ4v) is 7.72. The molecule has 3 fully saturated rings. The van der Waals surface area contributed by atoms with Gasteiger partial charge >= 0.3 is 11.9 Å². The van der Waals surface area contributed by atoms with Gasteiger partial charge in [0.25, 0.3) is 0 Å². The third-order valence-electron chi connectivity index (χ3n) is 10.4. The Morgan fingerprint density at radius 3 is 2.37 bits per heavy atom. The predicted molar refractivity (Wildman–Crippen MR) is 170 cm³/mol. The van der Waals surface area contributed by atoms with Crippen LogP contribution in [0.5, 0.6) is 0 Å². The zero-order valence-corrected chi connectivity index (χ0v) is 27.4. The quantitative estimate of drug-likeness (QED) is 0.242. The van der Waals surface area contributed by atoms with Crippen LogP contribution in [-0.4, -0.2) is 60.6 Å². The lowest BCUT2D eigenvalue weighted by atomic mass is 9.75. The van der Waals surface area contributed by atoms with E-state index in [0.717, 1.165) is 50.5 Å². The summed E-state index contributed by atoms with van der Waals surface area (Å²) in [6.07, 6.45) is 9.59. The second-order valence-electron chi connectivity index (χ2n) is 14.6. The molecule has 1 saturated heterocycles. The van der Waals surface area contributed by atoms with Crippen molar-refractivity contribution in [2.45, 2.75) is 103 Å². The Morgan fingerprint density at radius 1 is 0.978 bits per heavy atom. The van der Waals surface area contributed by atoms with E-state index in [-0.39, 0.29) is 41.6 Å². The second kappa shape index (κ2) is 14.7. The topological polar surface area (TPSA) is 129 Å². The van der Waals surface area contributed by atoms with Crippen molar-refractivity contribution in [3.63, 3.8) is 0 Å². The number of benzene rings is 1. The van der Waals surface area contributed by atoms with E-state index in [1.165, 1.54) is 6.42 Å². The Kier molecular flexibility index (Phi) is 10.9. The minimum absolute atomic E-state index is 0.0302. The van der Waals surface area contributed by atoms with Crippen molar-refractivity contribution in [3.8, 4) is 0 Å². The number of carbonyl (C=O) groups is 4. The molecule has 0 radical (unpaired) electrons. The van der Waals surface area contributed by atoms with Crippen molar-refractivity contribution >= 4 is 34.6 Å². The largest absolute Gasteiger partial charge is 0.449 e. The van der Waals surface area contributed by atoms with Gasteiger partial charge in [-0.05, 0) is 94.4 Å². The normalized spacial score (nSPS) is 24.9. The summed E-state index contributed by atoms with van der Waals surface area (Å²) in [4.78, 5) is 54.4. The summed E-state index contributed by atoms with van der Waals surface area (Å²) in [5.74, 6) is -0.636. The van der Waals surface area contributed by atoms with Crippen LogP contribution in [0.2, 0.25) is 0 Å². The number of nitrogens with zero attached hydrogens (tertiary/aromatic N) is 1. The van der Waals surface area contributed by atoms with Gasteiger partial charge in [0.05, 0.1) is 11.5 Å². The number of nitrogens with two attached hydrogens (primary N) is 1. The molecule has 1 aromatic carbocycles. The maximum Gasteiger partial charge on any atom is 0.377 e. The van der Waals surface area contributed by atoms with Crippen molar-refractivity contribution in [3.05, 3.63) is 35.6 Å². The van der Waals surface area contributed by atoms with Crippen LogP contribution >= 0.6 is 0 Å². The van der Waals surface area contributed by atoms with E-state index in [1.807, 2.05) is 17.0 Å². The molecule has 46 heavy (non-hydrogen) atoms. The molecule has 0 spiro atoms. The van der Waals surface area contributed by atoms with Gasteiger partial charge in [-0.2, -0.15) is 0 Å². The number of likely N-dealkylation sites (tertiary alicyclic amines) is 1. The molecule has 2 aromatic rings. The van der Waals surface area contributed by atoms with Gasteiger partial charge in [-0.1, -0.05) is 38.2 Å². The van der Waals surface area contributed by atoms with Crippen LogP contribution in [0.25, 0.3) is 11.0 Å². The summed E-state index contributed by atoms with van der Waals surface area (Å²) >= 11 is 0. The molecule has 2 aliphatic carbocycles. The van der Waals surface area contributed by atoms with Crippen molar-refractivity contribution in [2.24, 2.45) is 34.8 Å². The number of hydrogen-bond acceptors (Lipinski definition) is 8. The molecule has 1 unspecified atom stereocenters. The maximum atomic E-state index is 14.1. The van der Waals surface area contributed by atoms with Gasteiger partial charge in [-0.3, -0.25) is 14.4 Å². The van der Waals surface area contributed by atoms with Crippen LogP contribution in [0.3, 0.4) is 0 Å². The first-order chi connectivity index (χ1) is 22.0. The number of carbonyl (C=O) groups excluding carboxylic acids is 4. The Bertz CT molecular complexity index is 1400. The Labute approximate surface area is 270 Å². The number of ether oxygens (including phenoxy) is 2. The molecule has 3 atom stereocenters. The SMILES string of the molecule is CC(C)(C)C(=O)OCOC(=O)c1cc2cc(CC(=O)[C@@H]3[C@H](C4CCCCC4)CCN3C(=O)C3CCC(C(N)CF)CC3)ccc2o1. The van der Waals surface area contributed by atoms with Gasteiger partial charge in [0, 0.05) is 30.3 Å². The third-order valence-corrected chi connectivity index (χ3v) is 10.4. The van der Waals surface area contributed by atoms with Gasteiger partial charge in [0.1, 0.15) is 12.3 Å². The Hall–Kier alpha value is -3.27. The fourth-order valence-electron chi connectivity index (χ4n) is 7.72. The molecule has 0 bridgehead atoms. The van der Waals surface area contributed by atoms with Crippen molar-refractivity contribution in [1.29, 1.82) is 0 Å². The average Bonchev–Trinajstić information content (AvgIpc) is 3.69. The van der Waals surface area contributed by atoms with Crippen LogP contribution in [0.15, 0.2) is 28.7 Å². The molecule has 1 aromatic heterocycles. The number of furan rings is 1. The molecule has 2 heterocycles. The average molecular weight is 641 g/mol. The molecule has 10 heteroatoms. The molecule has 5 rings (SSSR count). The summed E-state index contributed by atoms with van der Waals surface area (Å²) in [5.41, 5.74) is 6.49. The molecule has 9 nitrogen and oxygen atoms in total. The summed E-state index contributed by atoms with van der Waals surface area (Å²) < 4.78 is 28.9. The number of fused-ring (bicyclic) bond motifs is 1. The number of esters is 2. The summed E-state index contributed by atoms with van der Waals surface area (Å²) in [5, 5.41) is 0.648. The van der Waals surface area contributed by atoms with Crippen LogP contribution in [-0.2, 0) is 30.3 Å². The third kappa shape index (κ3) is 7.81. The highest BCUT2D eigenvalue weighted by Crippen LogP contribution is 2.41. The monoisotopic (exact) mass is 640 g/mol. The summed E-state index contributed by atoms with van der Waals surface area (Å²) in [7, 11) is 0. The highest BCUT2D eigenvalue weighted by atomic mass is 19.1. The zero-order valence-electron chi connectivity index (χ0n) is 27.4. The summed E-state index contributed by atoms with van der Waals surface area (Å²) in [6.45, 7) is 4.65. The van der Waals surface area contributed by atoms with Gasteiger partial charge in [0.15, 0.2) is 5.78 Å². The molecule has 252 valence electrons.